The molecule has 6 nitrogen and oxygen atoms in total. The molecular weight excluding hydrogens is 339 g/mol. The minimum absolute atomic E-state index is 0.103. The molecule has 2 aromatic carbocycles. The second kappa shape index (κ2) is 6.76. The van der Waals surface area contributed by atoms with Crippen molar-refractivity contribution >= 4 is 29.2 Å². The van der Waals surface area contributed by atoms with Crippen molar-refractivity contribution in [1.82, 2.24) is 20.2 Å². The van der Waals surface area contributed by atoms with Gasteiger partial charge in [0.25, 0.3) is 0 Å². The summed E-state index contributed by atoms with van der Waals surface area (Å²) in [7, 11) is 0. The highest BCUT2D eigenvalue weighted by Gasteiger charge is 2.09. The third-order valence-corrected chi connectivity index (χ3v) is 3.75. The molecule has 0 saturated carbocycles. The van der Waals surface area contributed by atoms with Crippen LogP contribution in [0.3, 0.4) is 0 Å². The van der Waals surface area contributed by atoms with E-state index in [4.69, 9.17) is 27.9 Å². The molecule has 1 heterocycles. The minimum Gasteiger partial charge on any atom is -0.426 e. The van der Waals surface area contributed by atoms with Crippen LogP contribution in [-0.2, 0) is 11.2 Å². The topological polar surface area (TPSA) is 69.9 Å². The van der Waals surface area contributed by atoms with Gasteiger partial charge in [0.2, 0.25) is 0 Å². The number of rotatable bonds is 4. The summed E-state index contributed by atoms with van der Waals surface area (Å²) in [5, 5.41) is 11.7. The van der Waals surface area contributed by atoms with Crippen molar-refractivity contribution in [2.45, 2.75) is 6.42 Å². The predicted molar refractivity (Wildman–Crippen MR) is 85.0 cm³/mol. The van der Waals surface area contributed by atoms with Gasteiger partial charge in [0, 0.05) is 0 Å². The Morgan fingerprint density at radius 3 is 2.52 bits per heavy atom. The maximum atomic E-state index is 12.0. The molecule has 3 rings (SSSR count). The van der Waals surface area contributed by atoms with Gasteiger partial charge >= 0.3 is 5.97 Å². The van der Waals surface area contributed by atoms with Gasteiger partial charge in [-0.25, -0.2) is 4.68 Å². The van der Waals surface area contributed by atoms with Crippen LogP contribution < -0.4 is 4.74 Å². The van der Waals surface area contributed by atoms with Crippen LogP contribution in [0.25, 0.3) is 5.69 Å². The first-order chi connectivity index (χ1) is 11.1. The van der Waals surface area contributed by atoms with E-state index in [1.54, 1.807) is 42.5 Å². The molecule has 0 aliphatic heterocycles. The Hall–Kier alpha value is -2.44. The zero-order valence-corrected chi connectivity index (χ0v) is 13.2. The predicted octanol–water partition coefficient (Wildman–Crippen LogP) is 3.12. The number of ether oxygens (including phenoxy) is 1. The van der Waals surface area contributed by atoms with Gasteiger partial charge in [-0.05, 0) is 52.4 Å². The molecule has 116 valence electrons. The number of aromatic nitrogens is 4. The lowest BCUT2D eigenvalue weighted by atomic mass is 10.1. The SMILES string of the molecule is O=C(Cc1ccc(Cl)c(Cl)c1)Oc1ccc(-n2cnnn2)cc1. The van der Waals surface area contributed by atoms with Crippen LogP contribution in [0.2, 0.25) is 10.0 Å². The smallest absolute Gasteiger partial charge is 0.315 e. The molecule has 0 N–H and O–H groups in total. The Morgan fingerprint density at radius 2 is 1.87 bits per heavy atom. The fourth-order valence-electron chi connectivity index (χ4n) is 1.93. The number of hydrogen-bond donors (Lipinski definition) is 0. The zero-order valence-electron chi connectivity index (χ0n) is 11.7. The number of tetrazole rings is 1. The number of esters is 1. The van der Waals surface area contributed by atoms with Crippen molar-refractivity contribution in [1.29, 1.82) is 0 Å². The Labute approximate surface area is 141 Å². The van der Waals surface area contributed by atoms with E-state index in [9.17, 15) is 4.79 Å². The third kappa shape index (κ3) is 3.85. The molecule has 0 amide bonds. The van der Waals surface area contributed by atoms with E-state index in [1.807, 2.05) is 0 Å². The molecule has 0 spiro atoms. The van der Waals surface area contributed by atoms with Gasteiger partial charge in [-0.1, -0.05) is 29.3 Å². The van der Waals surface area contributed by atoms with E-state index in [-0.39, 0.29) is 6.42 Å². The van der Waals surface area contributed by atoms with Crippen LogP contribution in [0.4, 0.5) is 0 Å². The maximum Gasteiger partial charge on any atom is 0.315 e. The molecular formula is C15H10Cl2N4O2. The number of hydrogen-bond acceptors (Lipinski definition) is 5. The van der Waals surface area contributed by atoms with Gasteiger partial charge < -0.3 is 4.74 Å². The molecule has 0 aliphatic rings. The first-order valence-electron chi connectivity index (χ1n) is 6.60. The van der Waals surface area contributed by atoms with Crippen molar-refractivity contribution in [2.24, 2.45) is 0 Å². The van der Waals surface area contributed by atoms with E-state index in [2.05, 4.69) is 15.5 Å². The lowest BCUT2D eigenvalue weighted by molar-refractivity contribution is -0.133. The maximum absolute atomic E-state index is 12.0. The van der Waals surface area contributed by atoms with Crippen LogP contribution in [-0.4, -0.2) is 26.2 Å². The summed E-state index contributed by atoms with van der Waals surface area (Å²) in [6.07, 6.45) is 1.58. The van der Waals surface area contributed by atoms with Gasteiger partial charge in [0.15, 0.2) is 0 Å². The van der Waals surface area contributed by atoms with Gasteiger partial charge in [0.05, 0.1) is 22.2 Å². The van der Waals surface area contributed by atoms with Gasteiger partial charge in [-0.3, -0.25) is 4.79 Å². The molecule has 0 radical (unpaired) electrons. The van der Waals surface area contributed by atoms with Gasteiger partial charge in [0.1, 0.15) is 12.1 Å². The van der Waals surface area contributed by atoms with E-state index in [0.29, 0.717) is 15.8 Å². The third-order valence-electron chi connectivity index (χ3n) is 3.01. The normalized spacial score (nSPS) is 10.5. The summed E-state index contributed by atoms with van der Waals surface area (Å²) in [5.41, 5.74) is 1.49. The van der Waals surface area contributed by atoms with Crippen molar-refractivity contribution in [2.75, 3.05) is 0 Å². The summed E-state index contributed by atoms with van der Waals surface area (Å²) >= 11 is 11.8. The molecule has 0 atom stereocenters. The average Bonchev–Trinajstić information content (AvgIpc) is 3.06. The van der Waals surface area contributed by atoms with E-state index in [1.165, 1.54) is 11.0 Å². The highest BCUT2D eigenvalue weighted by Crippen LogP contribution is 2.23. The van der Waals surface area contributed by atoms with E-state index >= 15 is 0 Å². The Morgan fingerprint density at radius 1 is 1.09 bits per heavy atom. The monoisotopic (exact) mass is 348 g/mol. The zero-order chi connectivity index (χ0) is 16.2. The lowest BCUT2D eigenvalue weighted by Gasteiger charge is -2.06. The van der Waals surface area contributed by atoms with Crippen LogP contribution in [0.5, 0.6) is 5.75 Å². The summed E-state index contributed by atoms with van der Waals surface area (Å²) in [6, 6.07) is 11.9. The Bertz CT molecular complexity index is 820. The molecule has 8 heteroatoms. The Balaban J connectivity index is 1.64. The Kier molecular flexibility index (Phi) is 4.55. The molecule has 0 saturated heterocycles. The quantitative estimate of drug-likeness (QED) is 0.535. The number of carbonyl (C=O) groups is 1. The molecule has 0 bridgehead atoms. The minimum atomic E-state index is -0.390. The standard InChI is InChI=1S/C15H10Cl2N4O2/c16-13-6-1-10(7-14(13)17)8-15(22)23-12-4-2-11(3-5-12)21-9-18-19-20-21/h1-7,9H,8H2. The highest BCUT2D eigenvalue weighted by molar-refractivity contribution is 6.42. The summed E-state index contributed by atoms with van der Waals surface area (Å²) in [5.74, 6) is 0.0467. The summed E-state index contributed by atoms with van der Waals surface area (Å²) in [6.45, 7) is 0. The fraction of sp³-hybridized carbons (Fsp3) is 0.0667. The van der Waals surface area contributed by atoms with Gasteiger partial charge in [-0.15, -0.1) is 5.10 Å². The number of carbonyl (C=O) groups excluding carboxylic acids is 1. The molecule has 1 aromatic heterocycles. The van der Waals surface area contributed by atoms with Crippen molar-refractivity contribution in [3.8, 4) is 11.4 Å². The molecule has 0 aliphatic carbocycles. The van der Waals surface area contributed by atoms with Crippen LogP contribution in [0, 0.1) is 0 Å². The van der Waals surface area contributed by atoms with Crippen LogP contribution >= 0.6 is 23.2 Å². The summed E-state index contributed by atoms with van der Waals surface area (Å²) < 4.78 is 6.79. The summed E-state index contributed by atoms with van der Waals surface area (Å²) in [4.78, 5) is 12.0. The van der Waals surface area contributed by atoms with E-state index < -0.39 is 5.97 Å². The number of benzene rings is 2. The molecule has 3 aromatic rings. The molecule has 0 unspecified atom stereocenters. The van der Waals surface area contributed by atoms with Crippen molar-refractivity contribution < 1.29 is 9.53 Å². The van der Waals surface area contributed by atoms with Gasteiger partial charge in [-0.2, -0.15) is 0 Å². The first-order valence-corrected chi connectivity index (χ1v) is 7.35. The highest BCUT2D eigenvalue weighted by atomic mass is 35.5. The number of halogens is 2. The number of nitrogens with zero attached hydrogens (tertiary/aromatic N) is 4. The molecule has 0 fully saturated rings. The lowest BCUT2D eigenvalue weighted by Crippen LogP contribution is -2.11. The molecule has 23 heavy (non-hydrogen) atoms. The first kappa shape index (κ1) is 15.5. The fourth-order valence-corrected chi connectivity index (χ4v) is 2.25. The van der Waals surface area contributed by atoms with Crippen LogP contribution in [0.1, 0.15) is 5.56 Å². The largest absolute Gasteiger partial charge is 0.426 e. The average molecular weight is 349 g/mol. The second-order valence-corrected chi connectivity index (χ2v) is 5.46. The van der Waals surface area contributed by atoms with E-state index in [0.717, 1.165) is 11.3 Å². The van der Waals surface area contributed by atoms with Crippen molar-refractivity contribution in [3.63, 3.8) is 0 Å². The second-order valence-electron chi connectivity index (χ2n) is 4.65. The van der Waals surface area contributed by atoms with Crippen molar-refractivity contribution in [3.05, 3.63) is 64.4 Å². The van der Waals surface area contributed by atoms with Crippen LogP contribution in [0.15, 0.2) is 48.8 Å².